The third kappa shape index (κ3) is 2.43. The summed E-state index contributed by atoms with van der Waals surface area (Å²) in [7, 11) is 0. The number of alkyl halides is 3. The number of benzene rings is 1. The second kappa shape index (κ2) is 3.76. The van der Waals surface area contributed by atoms with Gasteiger partial charge in [-0.3, -0.25) is 0 Å². The van der Waals surface area contributed by atoms with Crippen molar-refractivity contribution in [2.24, 2.45) is 0 Å². The molecule has 15 heavy (non-hydrogen) atoms. The Balaban J connectivity index is 2.22. The van der Waals surface area contributed by atoms with Crippen molar-refractivity contribution in [1.82, 2.24) is 0 Å². The summed E-state index contributed by atoms with van der Waals surface area (Å²) >= 11 is 0. The Hall–Kier alpha value is -1.19. The summed E-state index contributed by atoms with van der Waals surface area (Å²) in [5.41, 5.74) is 1.76. The highest BCUT2D eigenvalue weighted by Gasteiger charge is 2.32. The smallest absolute Gasteiger partial charge is 0.362 e. The molecule has 0 atom stereocenters. The van der Waals surface area contributed by atoms with E-state index in [1.54, 1.807) is 12.1 Å². The minimum Gasteiger partial charge on any atom is -0.362 e. The minimum absolute atomic E-state index is 0.497. The van der Waals surface area contributed by atoms with Crippen LogP contribution in [0, 0.1) is 0 Å². The Morgan fingerprint density at radius 2 is 1.93 bits per heavy atom. The fraction of sp³-hybridized carbons (Fsp3) is 0.455. The molecule has 0 spiro atoms. The maximum Gasteiger partial charge on any atom is 0.405 e. The van der Waals surface area contributed by atoms with E-state index in [-0.39, 0.29) is 0 Å². The Morgan fingerprint density at radius 3 is 2.67 bits per heavy atom. The lowest BCUT2D eigenvalue weighted by molar-refractivity contribution is -0.119. The van der Waals surface area contributed by atoms with Gasteiger partial charge in [0, 0.05) is 12.2 Å². The van der Waals surface area contributed by atoms with Gasteiger partial charge in [0.15, 0.2) is 0 Å². The van der Waals surface area contributed by atoms with E-state index in [1.165, 1.54) is 4.90 Å². The Bertz CT molecular complexity index is 346. The molecule has 1 heterocycles. The molecular formula is C11H12F3N. The molecule has 0 radical (unpaired) electrons. The normalized spacial score (nSPS) is 16.3. The number of rotatable bonds is 1. The third-order valence-electron chi connectivity index (χ3n) is 2.58. The molecule has 1 aromatic carbocycles. The van der Waals surface area contributed by atoms with Gasteiger partial charge < -0.3 is 4.90 Å². The predicted molar refractivity (Wildman–Crippen MR) is 53.0 cm³/mol. The van der Waals surface area contributed by atoms with Crippen LogP contribution in [-0.4, -0.2) is 19.3 Å². The number of aryl methyl sites for hydroxylation is 1. The van der Waals surface area contributed by atoms with Crippen LogP contribution in [0.3, 0.4) is 0 Å². The highest BCUT2D eigenvalue weighted by atomic mass is 19.4. The molecule has 4 heteroatoms. The number of hydrogen-bond donors (Lipinski definition) is 0. The van der Waals surface area contributed by atoms with Crippen molar-refractivity contribution < 1.29 is 13.2 Å². The van der Waals surface area contributed by atoms with Gasteiger partial charge in [0.1, 0.15) is 6.54 Å². The Morgan fingerprint density at radius 1 is 1.20 bits per heavy atom. The highest BCUT2D eigenvalue weighted by Crippen LogP contribution is 2.29. The van der Waals surface area contributed by atoms with E-state index in [2.05, 4.69) is 0 Å². The first-order chi connectivity index (χ1) is 7.06. The Kier molecular flexibility index (Phi) is 2.59. The largest absolute Gasteiger partial charge is 0.405 e. The van der Waals surface area contributed by atoms with Gasteiger partial charge in [0.05, 0.1) is 0 Å². The molecule has 1 nitrogen and oxygen atoms in total. The van der Waals surface area contributed by atoms with Crippen LogP contribution >= 0.6 is 0 Å². The van der Waals surface area contributed by atoms with Gasteiger partial charge in [-0.25, -0.2) is 0 Å². The number of anilines is 1. The molecule has 0 bridgehead atoms. The van der Waals surface area contributed by atoms with Crippen molar-refractivity contribution in [2.45, 2.75) is 19.0 Å². The quantitative estimate of drug-likeness (QED) is 0.696. The zero-order valence-corrected chi connectivity index (χ0v) is 8.22. The second-order valence-corrected chi connectivity index (χ2v) is 3.77. The Labute approximate surface area is 86.5 Å². The van der Waals surface area contributed by atoms with Crippen molar-refractivity contribution >= 4 is 5.69 Å². The van der Waals surface area contributed by atoms with Crippen molar-refractivity contribution in [3.8, 4) is 0 Å². The van der Waals surface area contributed by atoms with E-state index >= 15 is 0 Å². The van der Waals surface area contributed by atoms with Crippen molar-refractivity contribution in [2.75, 3.05) is 18.0 Å². The number of para-hydroxylation sites is 1. The molecule has 0 fully saturated rings. The van der Waals surface area contributed by atoms with Crippen LogP contribution in [0.2, 0.25) is 0 Å². The molecule has 0 amide bonds. The minimum atomic E-state index is -4.12. The second-order valence-electron chi connectivity index (χ2n) is 3.77. The van der Waals surface area contributed by atoms with E-state index in [1.807, 2.05) is 12.1 Å². The van der Waals surface area contributed by atoms with Crippen LogP contribution in [0.1, 0.15) is 12.0 Å². The maximum absolute atomic E-state index is 12.3. The van der Waals surface area contributed by atoms with E-state index in [4.69, 9.17) is 0 Å². The standard InChI is InChI=1S/C11H12F3N/c12-11(13,14)8-15-7-3-5-9-4-1-2-6-10(9)15/h1-2,4,6H,3,5,7-8H2. The zero-order chi connectivity index (χ0) is 10.9. The average molecular weight is 215 g/mol. The highest BCUT2D eigenvalue weighted by molar-refractivity contribution is 5.55. The summed E-state index contributed by atoms with van der Waals surface area (Å²) in [5, 5.41) is 0. The van der Waals surface area contributed by atoms with Crippen LogP contribution in [0.5, 0.6) is 0 Å². The van der Waals surface area contributed by atoms with Gasteiger partial charge in [0.25, 0.3) is 0 Å². The fourth-order valence-electron chi connectivity index (χ4n) is 1.99. The number of hydrogen-bond acceptors (Lipinski definition) is 1. The summed E-state index contributed by atoms with van der Waals surface area (Å²) in [6.07, 6.45) is -2.44. The van der Waals surface area contributed by atoms with E-state index < -0.39 is 12.7 Å². The van der Waals surface area contributed by atoms with Crippen LogP contribution in [-0.2, 0) is 6.42 Å². The lowest BCUT2D eigenvalue weighted by Gasteiger charge is -2.31. The predicted octanol–water partition coefficient (Wildman–Crippen LogP) is 3.00. The molecule has 0 N–H and O–H groups in total. The van der Waals surface area contributed by atoms with E-state index in [9.17, 15) is 13.2 Å². The van der Waals surface area contributed by atoms with Gasteiger partial charge in [-0.2, -0.15) is 13.2 Å². The van der Waals surface area contributed by atoms with Gasteiger partial charge in [-0.05, 0) is 24.5 Å². The first-order valence-corrected chi connectivity index (χ1v) is 4.96. The topological polar surface area (TPSA) is 3.24 Å². The molecule has 0 aliphatic carbocycles. The van der Waals surface area contributed by atoms with Gasteiger partial charge in [0.2, 0.25) is 0 Å². The van der Waals surface area contributed by atoms with Crippen molar-refractivity contribution in [3.63, 3.8) is 0 Å². The molecule has 0 saturated heterocycles. The SMILES string of the molecule is FC(F)(F)CN1CCCc2ccccc21. The lowest BCUT2D eigenvalue weighted by atomic mass is 10.0. The van der Waals surface area contributed by atoms with Crippen LogP contribution in [0.4, 0.5) is 18.9 Å². The van der Waals surface area contributed by atoms with Gasteiger partial charge in [-0.1, -0.05) is 18.2 Å². The third-order valence-corrected chi connectivity index (χ3v) is 2.58. The molecule has 0 unspecified atom stereocenters. The summed E-state index contributed by atoms with van der Waals surface area (Å²) in [6.45, 7) is -0.347. The van der Waals surface area contributed by atoms with E-state index in [0.29, 0.717) is 6.54 Å². The van der Waals surface area contributed by atoms with Crippen molar-refractivity contribution in [3.05, 3.63) is 29.8 Å². The number of nitrogens with zero attached hydrogens (tertiary/aromatic N) is 1. The van der Waals surface area contributed by atoms with Crippen molar-refractivity contribution in [1.29, 1.82) is 0 Å². The molecule has 2 rings (SSSR count). The summed E-state index contributed by atoms with van der Waals surface area (Å²) in [6, 6.07) is 7.32. The molecule has 1 aromatic rings. The van der Waals surface area contributed by atoms with Gasteiger partial charge >= 0.3 is 6.18 Å². The lowest BCUT2D eigenvalue weighted by Crippen LogP contribution is -2.37. The molecule has 0 aromatic heterocycles. The number of fused-ring (bicyclic) bond motifs is 1. The number of halogens is 3. The molecule has 1 aliphatic heterocycles. The van der Waals surface area contributed by atoms with Crippen LogP contribution in [0.15, 0.2) is 24.3 Å². The molecule has 1 aliphatic rings. The zero-order valence-electron chi connectivity index (χ0n) is 8.22. The van der Waals surface area contributed by atoms with Crippen LogP contribution < -0.4 is 4.90 Å². The summed E-state index contributed by atoms with van der Waals surface area (Å²) in [5.74, 6) is 0. The van der Waals surface area contributed by atoms with Crippen LogP contribution in [0.25, 0.3) is 0 Å². The maximum atomic E-state index is 12.3. The first kappa shape index (κ1) is 10.3. The summed E-state index contributed by atoms with van der Waals surface area (Å²) in [4.78, 5) is 1.42. The monoisotopic (exact) mass is 215 g/mol. The summed E-state index contributed by atoms with van der Waals surface area (Å²) < 4.78 is 36.9. The molecular weight excluding hydrogens is 203 g/mol. The first-order valence-electron chi connectivity index (χ1n) is 4.96. The van der Waals surface area contributed by atoms with E-state index in [0.717, 1.165) is 24.1 Å². The van der Waals surface area contributed by atoms with Gasteiger partial charge in [-0.15, -0.1) is 0 Å². The molecule has 0 saturated carbocycles. The fourth-order valence-corrected chi connectivity index (χ4v) is 1.99. The molecule has 82 valence electrons. The average Bonchev–Trinajstić information content (AvgIpc) is 2.16.